The van der Waals surface area contributed by atoms with Gasteiger partial charge in [0, 0.05) is 12.5 Å². The van der Waals surface area contributed by atoms with Crippen molar-refractivity contribution in [3.05, 3.63) is 59.2 Å². The third kappa shape index (κ3) is 4.46. The molecule has 1 heterocycles. The van der Waals surface area contributed by atoms with Crippen LogP contribution in [0.15, 0.2) is 42.5 Å². The van der Waals surface area contributed by atoms with Crippen LogP contribution in [0.5, 0.6) is 5.75 Å². The van der Waals surface area contributed by atoms with Gasteiger partial charge in [0.05, 0.1) is 31.2 Å². The minimum Gasteiger partial charge on any atom is -0.465 e. The second-order valence-electron chi connectivity index (χ2n) is 6.25. The Morgan fingerprint density at radius 2 is 1.81 bits per heavy atom. The number of carbonyl (C=O) groups is 2. The van der Waals surface area contributed by atoms with E-state index in [0.717, 1.165) is 17.4 Å². The molecule has 8 heteroatoms. The van der Waals surface area contributed by atoms with E-state index in [0.29, 0.717) is 30.6 Å². The summed E-state index contributed by atoms with van der Waals surface area (Å²) in [6.07, 6.45) is 1.93. The standard InChI is InChI=1S/C19H19NO6S/c1-25-19(22)15-5-3-13(4-6-15)12-20-17-11-16(26-27(2,23)24)9-7-14(17)8-10-18(20)21/h3-7,9,11H,8,10,12H2,1-2H3. The molecule has 7 nitrogen and oxygen atoms in total. The lowest BCUT2D eigenvalue weighted by molar-refractivity contribution is -0.119. The highest BCUT2D eigenvalue weighted by Gasteiger charge is 2.25. The van der Waals surface area contributed by atoms with Gasteiger partial charge in [-0.15, -0.1) is 0 Å². The van der Waals surface area contributed by atoms with Crippen LogP contribution < -0.4 is 9.08 Å². The van der Waals surface area contributed by atoms with Crippen LogP contribution in [0.3, 0.4) is 0 Å². The SMILES string of the molecule is COC(=O)c1ccc(CN2C(=O)CCc3ccc(OS(C)(=O)=O)cc32)cc1. The molecule has 142 valence electrons. The lowest BCUT2D eigenvalue weighted by Crippen LogP contribution is -2.34. The fraction of sp³-hybridized carbons (Fsp3) is 0.263. The highest BCUT2D eigenvalue weighted by atomic mass is 32.2. The van der Waals surface area contributed by atoms with Crippen molar-refractivity contribution in [1.29, 1.82) is 0 Å². The molecule has 3 rings (SSSR count). The highest BCUT2D eigenvalue weighted by Crippen LogP contribution is 2.33. The number of fused-ring (bicyclic) bond motifs is 1. The summed E-state index contributed by atoms with van der Waals surface area (Å²) in [7, 11) is -2.34. The molecule has 0 saturated carbocycles. The van der Waals surface area contributed by atoms with Gasteiger partial charge in [-0.3, -0.25) is 4.79 Å². The van der Waals surface area contributed by atoms with Crippen LogP contribution in [0.2, 0.25) is 0 Å². The Labute approximate surface area is 157 Å². The maximum Gasteiger partial charge on any atom is 0.337 e. The maximum atomic E-state index is 12.5. The fourth-order valence-corrected chi connectivity index (χ4v) is 3.42. The van der Waals surface area contributed by atoms with Crippen molar-refractivity contribution in [3.63, 3.8) is 0 Å². The predicted octanol–water partition coefficient (Wildman–Crippen LogP) is 2.29. The summed E-state index contributed by atoms with van der Waals surface area (Å²) in [6.45, 7) is 0.301. The van der Waals surface area contributed by atoms with Crippen LogP contribution >= 0.6 is 0 Å². The number of anilines is 1. The molecular weight excluding hydrogens is 370 g/mol. The molecule has 27 heavy (non-hydrogen) atoms. The zero-order valence-electron chi connectivity index (χ0n) is 15.0. The number of ether oxygens (including phenoxy) is 1. The third-order valence-corrected chi connectivity index (χ3v) is 4.72. The second kappa shape index (κ2) is 7.40. The number of esters is 1. The molecule has 2 aromatic carbocycles. The number of carbonyl (C=O) groups excluding carboxylic acids is 2. The summed E-state index contributed by atoms with van der Waals surface area (Å²) in [4.78, 5) is 25.6. The van der Waals surface area contributed by atoms with E-state index >= 15 is 0 Å². The number of rotatable bonds is 5. The Balaban J connectivity index is 1.89. The first-order chi connectivity index (χ1) is 12.8. The van der Waals surface area contributed by atoms with Gasteiger partial charge in [-0.25, -0.2) is 4.79 Å². The Morgan fingerprint density at radius 3 is 2.44 bits per heavy atom. The van der Waals surface area contributed by atoms with E-state index < -0.39 is 16.1 Å². The van der Waals surface area contributed by atoms with Crippen molar-refractivity contribution in [3.8, 4) is 5.75 Å². The third-order valence-electron chi connectivity index (χ3n) is 4.22. The first-order valence-corrected chi connectivity index (χ1v) is 10.1. The van der Waals surface area contributed by atoms with Gasteiger partial charge in [-0.05, 0) is 35.7 Å². The maximum absolute atomic E-state index is 12.5. The van der Waals surface area contributed by atoms with Gasteiger partial charge in [-0.1, -0.05) is 18.2 Å². The Bertz CT molecular complexity index is 982. The van der Waals surface area contributed by atoms with Gasteiger partial charge < -0.3 is 13.8 Å². The van der Waals surface area contributed by atoms with E-state index in [1.54, 1.807) is 47.4 Å². The average molecular weight is 389 g/mol. The number of methoxy groups -OCH3 is 1. The van der Waals surface area contributed by atoms with Crippen LogP contribution in [0.4, 0.5) is 5.69 Å². The van der Waals surface area contributed by atoms with Gasteiger partial charge in [0.25, 0.3) is 0 Å². The Morgan fingerprint density at radius 1 is 1.11 bits per heavy atom. The average Bonchev–Trinajstić information content (AvgIpc) is 2.63. The van der Waals surface area contributed by atoms with Crippen LogP contribution in [0.25, 0.3) is 0 Å². The van der Waals surface area contributed by atoms with E-state index in [2.05, 4.69) is 4.74 Å². The summed E-state index contributed by atoms with van der Waals surface area (Å²) in [5.41, 5.74) is 2.83. The fourth-order valence-electron chi connectivity index (χ4n) is 2.96. The first kappa shape index (κ1) is 18.9. The Kier molecular flexibility index (Phi) is 5.18. The van der Waals surface area contributed by atoms with Crippen LogP contribution in [-0.2, 0) is 32.6 Å². The van der Waals surface area contributed by atoms with Crippen LogP contribution in [-0.4, -0.2) is 33.7 Å². The molecule has 0 aliphatic carbocycles. The second-order valence-corrected chi connectivity index (χ2v) is 7.82. The van der Waals surface area contributed by atoms with E-state index in [-0.39, 0.29) is 11.7 Å². The molecule has 1 aliphatic heterocycles. The van der Waals surface area contributed by atoms with Crippen LogP contribution in [0, 0.1) is 0 Å². The normalized spacial score (nSPS) is 13.9. The van der Waals surface area contributed by atoms with E-state index in [4.69, 9.17) is 4.18 Å². The summed E-state index contributed by atoms with van der Waals surface area (Å²) in [6, 6.07) is 11.7. The first-order valence-electron chi connectivity index (χ1n) is 8.27. The van der Waals surface area contributed by atoms with Crippen molar-refractivity contribution < 1.29 is 26.9 Å². The topological polar surface area (TPSA) is 90.0 Å². The lowest BCUT2D eigenvalue weighted by atomic mass is 10.00. The Hall–Kier alpha value is -2.87. The zero-order valence-corrected chi connectivity index (χ0v) is 15.8. The van der Waals surface area contributed by atoms with Gasteiger partial charge in [0.15, 0.2) is 0 Å². The summed E-state index contributed by atoms with van der Waals surface area (Å²) in [5.74, 6) is -0.323. The van der Waals surface area contributed by atoms with Gasteiger partial charge in [-0.2, -0.15) is 8.42 Å². The molecule has 0 radical (unpaired) electrons. The molecule has 0 saturated heterocycles. The lowest BCUT2D eigenvalue weighted by Gasteiger charge is -2.30. The number of nitrogens with zero attached hydrogens (tertiary/aromatic N) is 1. The minimum absolute atomic E-state index is 0.0592. The van der Waals surface area contributed by atoms with E-state index in [9.17, 15) is 18.0 Å². The van der Waals surface area contributed by atoms with Crippen molar-refractivity contribution in [2.75, 3.05) is 18.3 Å². The summed E-state index contributed by atoms with van der Waals surface area (Å²) in [5, 5.41) is 0. The number of aryl methyl sites for hydroxylation is 1. The minimum atomic E-state index is -3.66. The number of amides is 1. The zero-order chi connectivity index (χ0) is 19.6. The number of hydrogen-bond acceptors (Lipinski definition) is 6. The molecule has 1 amide bonds. The molecular formula is C19H19NO6S. The van der Waals surface area contributed by atoms with Crippen LogP contribution in [0.1, 0.15) is 27.9 Å². The van der Waals surface area contributed by atoms with Gasteiger partial charge in [0.1, 0.15) is 5.75 Å². The summed E-state index contributed by atoms with van der Waals surface area (Å²) >= 11 is 0. The monoisotopic (exact) mass is 389 g/mol. The largest absolute Gasteiger partial charge is 0.465 e. The van der Waals surface area contributed by atoms with E-state index in [1.165, 1.54) is 7.11 Å². The quantitative estimate of drug-likeness (QED) is 0.576. The van der Waals surface area contributed by atoms with Crippen molar-refractivity contribution in [2.45, 2.75) is 19.4 Å². The molecule has 0 aromatic heterocycles. The number of benzene rings is 2. The van der Waals surface area contributed by atoms with Crippen molar-refractivity contribution in [2.24, 2.45) is 0 Å². The summed E-state index contributed by atoms with van der Waals surface area (Å²) < 4.78 is 32.4. The molecule has 0 bridgehead atoms. The molecule has 0 spiro atoms. The predicted molar refractivity (Wildman–Crippen MR) is 99.2 cm³/mol. The molecule has 2 aromatic rings. The smallest absolute Gasteiger partial charge is 0.337 e. The van der Waals surface area contributed by atoms with E-state index in [1.807, 2.05) is 0 Å². The molecule has 0 atom stereocenters. The van der Waals surface area contributed by atoms with Gasteiger partial charge >= 0.3 is 16.1 Å². The van der Waals surface area contributed by atoms with Gasteiger partial charge in [0.2, 0.25) is 5.91 Å². The number of hydrogen-bond donors (Lipinski definition) is 0. The molecule has 0 fully saturated rings. The molecule has 0 N–H and O–H groups in total. The van der Waals surface area contributed by atoms with Crippen molar-refractivity contribution in [1.82, 2.24) is 0 Å². The van der Waals surface area contributed by atoms with Crippen molar-refractivity contribution >= 4 is 27.7 Å². The molecule has 1 aliphatic rings. The molecule has 0 unspecified atom stereocenters. The highest BCUT2D eigenvalue weighted by molar-refractivity contribution is 7.86.